The normalized spacial score (nSPS) is 10.7. The standard InChI is InChI=1S/C18H17N3/c1-13-9-14(10-19)5-6-17(13)12-21-8-7-15-3-2-4-16(11-20)18(15)21/h2-9H,11-12,20H2,1H3. The number of nitrogens with zero attached hydrogens (tertiary/aromatic N) is 2. The van der Waals surface area contributed by atoms with Gasteiger partial charge in [0.25, 0.3) is 0 Å². The van der Waals surface area contributed by atoms with Crippen molar-refractivity contribution in [1.29, 1.82) is 5.26 Å². The number of fused-ring (bicyclic) bond motifs is 1. The van der Waals surface area contributed by atoms with E-state index in [1.165, 1.54) is 16.5 Å². The maximum Gasteiger partial charge on any atom is 0.0991 e. The Kier molecular flexibility index (Phi) is 3.47. The van der Waals surface area contributed by atoms with Crippen molar-refractivity contribution in [2.45, 2.75) is 20.0 Å². The van der Waals surface area contributed by atoms with Gasteiger partial charge in [0.05, 0.1) is 17.1 Å². The van der Waals surface area contributed by atoms with Gasteiger partial charge in [-0.25, -0.2) is 0 Å². The smallest absolute Gasteiger partial charge is 0.0991 e. The van der Waals surface area contributed by atoms with Crippen LogP contribution < -0.4 is 5.73 Å². The van der Waals surface area contributed by atoms with Gasteiger partial charge in [-0.15, -0.1) is 0 Å². The molecule has 0 amide bonds. The molecule has 2 N–H and O–H groups in total. The minimum Gasteiger partial charge on any atom is -0.343 e. The second-order valence-corrected chi connectivity index (χ2v) is 5.26. The molecule has 0 aliphatic carbocycles. The predicted octanol–water partition coefficient (Wildman–Crippen LogP) is 3.33. The number of aryl methyl sites for hydroxylation is 1. The minimum absolute atomic E-state index is 0.535. The number of hydrogen-bond donors (Lipinski definition) is 1. The first-order chi connectivity index (χ1) is 10.2. The maximum absolute atomic E-state index is 8.95. The Morgan fingerprint density at radius 3 is 2.71 bits per heavy atom. The van der Waals surface area contributed by atoms with Crippen molar-refractivity contribution in [1.82, 2.24) is 4.57 Å². The van der Waals surface area contributed by atoms with Gasteiger partial charge in [0.1, 0.15) is 0 Å². The average molecular weight is 275 g/mol. The fraction of sp³-hybridized carbons (Fsp3) is 0.167. The summed E-state index contributed by atoms with van der Waals surface area (Å²) in [7, 11) is 0. The number of rotatable bonds is 3. The molecule has 0 unspecified atom stereocenters. The zero-order valence-electron chi connectivity index (χ0n) is 12.0. The molecule has 0 aliphatic heterocycles. The summed E-state index contributed by atoms with van der Waals surface area (Å²) in [4.78, 5) is 0. The number of nitriles is 1. The third-order valence-electron chi connectivity index (χ3n) is 3.90. The highest BCUT2D eigenvalue weighted by atomic mass is 15.0. The molecule has 0 bridgehead atoms. The van der Waals surface area contributed by atoms with Crippen LogP contribution in [0.1, 0.15) is 22.3 Å². The van der Waals surface area contributed by atoms with Gasteiger partial charge < -0.3 is 10.3 Å². The van der Waals surface area contributed by atoms with Crippen molar-refractivity contribution in [2.24, 2.45) is 5.73 Å². The van der Waals surface area contributed by atoms with Crippen LogP contribution in [0, 0.1) is 18.3 Å². The summed E-state index contributed by atoms with van der Waals surface area (Å²) in [5, 5.41) is 10.2. The van der Waals surface area contributed by atoms with Crippen LogP contribution in [0.2, 0.25) is 0 Å². The lowest BCUT2D eigenvalue weighted by Crippen LogP contribution is -2.04. The molecule has 0 atom stereocenters. The Morgan fingerprint density at radius 2 is 2.00 bits per heavy atom. The highest BCUT2D eigenvalue weighted by Crippen LogP contribution is 2.22. The van der Waals surface area contributed by atoms with Crippen LogP contribution in [0.15, 0.2) is 48.7 Å². The summed E-state index contributed by atoms with van der Waals surface area (Å²) in [5.41, 5.74) is 11.3. The van der Waals surface area contributed by atoms with Crippen molar-refractivity contribution >= 4 is 10.9 Å². The number of hydrogen-bond acceptors (Lipinski definition) is 2. The van der Waals surface area contributed by atoms with Crippen LogP contribution >= 0.6 is 0 Å². The van der Waals surface area contributed by atoms with Gasteiger partial charge in [-0.1, -0.05) is 24.3 Å². The van der Waals surface area contributed by atoms with Gasteiger partial charge in [0, 0.05) is 19.3 Å². The van der Waals surface area contributed by atoms with Crippen molar-refractivity contribution in [3.05, 3.63) is 70.9 Å². The first kappa shape index (κ1) is 13.4. The molecule has 0 fully saturated rings. The van der Waals surface area contributed by atoms with Crippen LogP contribution in [0.4, 0.5) is 0 Å². The minimum atomic E-state index is 0.535. The molecular weight excluding hydrogens is 258 g/mol. The second kappa shape index (κ2) is 5.43. The fourth-order valence-corrected chi connectivity index (χ4v) is 2.76. The van der Waals surface area contributed by atoms with Gasteiger partial charge in [-0.3, -0.25) is 0 Å². The quantitative estimate of drug-likeness (QED) is 0.797. The average Bonchev–Trinajstić information content (AvgIpc) is 2.92. The highest BCUT2D eigenvalue weighted by Gasteiger charge is 2.07. The number of aromatic nitrogens is 1. The summed E-state index contributed by atoms with van der Waals surface area (Å²) >= 11 is 0. The van der Waals surface area contributed by atoms with Crippen LogP contribution in [-0.4, -0.2) is 4.57 Å². The topological polar surface area (TPSA) is 54.7 Å². The third-order valence-corrected chi connectivity index (χ3v) is 3.90. The first-order valence-corrected chi connectivity index (χ1v) is 6.99. The lowest BCUT2D eigenvalue weighted by atomic mass is 10.1. The summed E-state index contributed by atoms with van der Waals surface area (Å²) in [6.45, 7) is 3.37. The van der Waals surface area contributed by atoms with E-state index in [-0.39, 0.29) is 0 Å². The number of para-hydroxylation sites is 1. The van der Waals surface area contributed by atoms with Crippen LogP contribution in [0.3, 0.4) is 0 Å². The van der Waals surface area contributed by atoms with E-state index < -0.39 is 0 Å². The molecule has 0 spiro atoms. The van der Waals surface area contributed by atoms with E-state index in [1.807, 2.05) is 31.2 Å². The summed E-state index contributed by atoms with van der Waals surface area (Å²) < 4.78 is 2.23. The summed E-state index contributed by atoms with van der Waals surface area (Å²) in [5.74, 6) is 0. The largest absolute Gasteiger partial charge is 0.343 e. The molecule has 104 valence electrons. The van der Waals surface area contributed by atoms with Gasteiger partial charge in [0.2, 0.25) is 0 Å². The molecule has 0 saturated heterocycles. The predicted molar refractivity (Wildman–Crippen MR) is 84.8 cm³/mol. The molecule has 1 aromatic heterocycles. The van der Waals surface area contributed by atoms with Crippen LogP contribution in [-0.2, 0) is 13.1 Å². The van der Waals surface area contributed by atoms with E-state index in [9.17, 15) is 0 Å². The lowest BCUT2D eigenvalue weighted by molar-refractivity contribution is 0.824. The van der Waals surface area contributed by atoms with E-state index in [2.05, 4.69) is 35.0 Å². The maximum atomic E-state index is 8.95. The van der Waals surface area contributed by atoms with E-state index in [0.717, 1.165) is 17.7 Å². The number of benzene rings is 2. The van der Waals surface area contributed by atoms with Crippen LogP contribution in [0.5, 0.6) is 0 Å². The Morgan fingerprint density at radius 1 is 1.14 bits per heavy atom. The molecule has 3 heteroatoms. The Labute approximate surface area is 124 Å². The molecule has 3 aromatic rings. The zero-order chi connectivity index (χ0) is 14.8. The molecule has 3 rings (SSSR count). The Balaban J connectivity index is 2.05. The monoisotopic (exact) mass is 275 g/mol. The Hall–Kier alpha value is -2.57. The lowest BCUT2D eigenvalue weighted by Gasteiger charge is -2.11. The van der Waals surface area contributed by atoms with E-state index in [0.29, 0.717) is 12.1 Å². The molecule has 21 heavy (non-hydrogen) atoms. The second-order valence-electron chi connectivity index (χ2n) is 5.26. The number of nitrogens with two attached hydrogens (primary N) is 1. The van der Waals surface area contributed by atoms with Crippen molar-refractivity contribution in [3.8, 4) is 6.07 Å². The van der Waals surface area contributed by atoms with Crippen LogP contribution in [0.25, 0.3) is 10.9 Å². The van der Waals surface area contributed by atoms with E-state index in [1.54, 1.807) is 0 Å². The van der Waals surface area contributed by atoms with Crippen molar-refractivity contribution < 1.29 is 0 Å². The van der Waals surface area contributed by atoms with Crippen molar-refractivity contribution in [3.63, 3.8) is 0 Å². The SMILES string of the molecule is Cc1cc(C#N)ccc1Cn1ccc2cccc(CN)c21. The Bertz CT molecular complexity index is 837. The van der Waals surface area contributed by atoms with E-state index in [4.69, 9.17) is 11.0 Å². The molecule has 1 heterocycles. The van der Waals surface area contributed by atoms with Crippen molar-refractivity contribution in [2.75, 3.05) is 0 Å². The first-order valence-electron chi connectivity index (χ1n) is 6.99. The third kappa shape index (κ3) is 2.42. The van der Waals surface area contributed by atoms with Gasteiger partial charge in [-0.2, -0.15) is 5.26 Å². The zero-order valence-corrected chi connectivity index (χ0v) is 12.0. The highest BCUT2D eigenvalue weighted by molar-refractivity contribution is 5.83. The summed E-state index contributed by atoms with van der Waals surface area (Å²) in [6, 6.07) is 16.4. The molecule has 0 saturated carbocycles. The molecule has 0 radical (unpaired) electrons. The molecular formula is C18H17N3. The van der Waals surface area contributed by atoms with Gasteiger partial charge >= 0.3 is 0 Å². The molecule has 0 aliphatic rings. The fourth-order valence-electron chi connectivity index (χ4n) is 2.76. The molecule has 2 aromatic carbocycles. The van der Waals surface area contributed by atoms with Gasteiger partial charge in [0.15, 0.2) is 0 Å². The van der Waals surface area contributed by atoms with Gasteiger partial charge in [-0.05, 0) is 47.2 Å². The summed E-state index contributed by atoms with van der Waals surface area (Å²) in [6.07, 6.45) is 2.10. The molecule has 3 nitrogen and oxygen atoms in total. The van der Waals surface area contributed by atoms with E-state index >= 15 is 0 Å².